The number of halogens is 1. The van der Waals surface area contributed by atoms with Crippen molar-refractivity contribution in [3.8, 4) is 11.5 Å². The number of hydrogen-bond acceptors (Lipinski definition) is 4. The lowest BCUT2D eigenvalue weighted by Crippen LogP contribution is -2.14. The third-order valence-electron chi connectivity index (χ3n) is 2.94. The van der Waals surface area contributed by atoms with Crippen molar-refractivity contribution < 1.29 is 14.3 Å². The molecule has 2 rings (SSSR count). The van der Waals surface area contributed by atoms with Gasteiger partial charge in [-0.15, -0.1) is 0 Å². The summed E-state index contributed by atoms with van der Waals surface area (Å²) in [5.41, 5.74) is 6.94. The summed E-state index contributed by atoms with van der Waals surface area (Å²) in [6.45, 7) is 0. The first-order valence-corrected chi connectivity index (χ1v) is 6.52. The molecule has 0 aliphatic carbocycles. The van der Waals surface area contributed by atoms with Gasteiger partial charge in [0, 0.05) is 6.07 Å². The van der Waals surface area contributed by atoms with Crippen LogP contribution < -0.4 is 20.5 Å². The number of ether oxygens (including phenoxy) is 2. The Morgan fingerprint density at radius 2 is 1.95 bits per heavy atom. The first kappa shape index (κ1) is 15.0. The van der Waals surface area contributed by atoms with Gasteiger partial charge in [-0.2, -0.15) is 0 Å². The number of benzene rings is 2. The third-order valence-corrected chi connectivity index (χ3v) is 3.25. The Balaban J connectivity index is 2.32. The van der Waals surface area contributed by atoms with Gasteiger partial charge in [0.25, 0.3) is 5.91 Å². The minimum atomic E-state index is -0.366. The van der Waals surface area contributed by atoms with E-state index in [2.05, 4.69) is 5.32 Å². The average Bonchev–Trinajstić information content (AvgIpc) is 2.50. The van der Waals surface area contributed by atoms with E-state index in [1.165, 1.54) is 7.11 Å². The number of para-hydroxylation sites is 1. The molecule has 0 aliphatic heterocycles. The van der Waals surface area contributed by atoms with E-state index in [1.807, 2.05) is 0 Å². The van der Waals surface area contributed by atoms with Crippen molar-refractivity contribution in [2.75, 3.05) is 25.3 Å². The molecule has 0 radical (unpaired) electrons. The fourth-order valence-electron chi connectivity index (χ4n) is 1.84. The van der Waals surface area contributed by atoms with Crippen molar-refractivity contribution in [1.29, 1.82) is 0 Å². The van der Waals surface area contributed by atoms with Crippen LogP contribution in [-0.2, 0) is 0 Å². The number of anilines is 2. The van der Waals surface area contributed by atoms with Gasteiger partial charge >= 0.3 is 0 Å². The number of nitrogens with one attached hydrogen (secondary N) is 1. The largest absolute Gasteiger partial charge is 0.497 e. The minimum absolute atomic E-state index is 0.359. The molecule has 0 heterocycles. The summed E-state index contributed by atoms with van der Waals surface area (Å²) in [5, 5.41) is 3.06. The van der Waals surface area contributed by atoms with Crippen LogP contribution in [0.15, 0.2) is 36.4 Å². The Morgan fingerprint density at radius 1 is 1.19 bits per heavy atom. The number of methoxy groups -OCH3 is 2. The lowest BCUT2D eigenvalue weighted by Gasteiger charge is -2.13. The van der Waals surface area contributed by atoms with Crippen LogP contribution in [0.3, 0.4) is 0 Å². The highest BCUT2D eigenvalue weighted by atomic mass is 35.5. The van der Waals surface area contributed by atoms with Crippen LogP contribution in [0, 0.1) is 0 Å². The second kappa shape index (κ2) is 6.37. The molecule has 0 aromatic heterocycles. The summed E-state index contributed by atoms with van der Waals surface area (Å²) < 4.78 is 10.3. The highest BCUT2D eigenvalue weighted by Gasteiger charge is 2.16. The fraction of sp³-hybridized carbons (Fsp3) is 0.133. The Kier molecular flexibility index (Phi) is 4.55. The van der Waals surface area contributed by atoms with Gasteiger partial charge in [-0.3, -0.25) is 4.79 Å². The number of carbonyl (C=O) groups is 1. The molecular weight excluding hydrogens is 292 g/mol. The van der Waals surface area contributed by atoms with Crippen molar-refractivity contribution in [1.82, 2.24) is 0 Å². The maximum atomic E-state index is 12.4. The molecule has 0 atom stereocenters. The summed E-state index contributed by atoms with van der Waals surface area (Å²) >= 11 is 6.04. The topological polar surface area (TPSA) is 73.6 Å². The van der Waals surface area contributed by atoms with Crippen LogP contribution in [0.1, 0.15) is 10.4 Å². The smallest absolute Gasteiger partial charge is 0.259 e. The van der Waals surface area contributed by atoms with E-state index in [1.54, 1.807) is 43.5 Å². The van der Waals surface area contributed by atoms with Gasteiger partial charge < -0.3 is 20.5 Å². The van der Waals surface area contributed by atoms with E-state index in [9.17, 15) is 4.79 Å². The van der Waals surface area contributed by atoms with Gasteiger partial charge in [-0.1, -0.05) is 17.7 Å². The molecular formula is C15H15ClN2O3. The van der Waals surface area contributed by atoms with Crippen LogP contribution in [0.4, 0.5) is 11.4 Å². The number of nitrogen functional groups attached to an aromatic ring is 1. The molecule has 3 N–H and O–H groups in total. The van der Waals surface area contributed by atoms with Crippen molar-refractivity contribution in [3.05, 3.63) is 47.0 Å². The first-order chi connectivity index (χ1) is 10.1. The summed E-state index contributed by atoms with van der Waals surface area (Å²) in [7, 11) is 3.02. The molecule has 5 nitrogen and oxygen atoms in total. The Labute approximate surface area is 127 Å². The fourth-order valence-corrected chi connectivity index (χ4v) is 2.07. The second-order valence-electron chi connectivity index (χ2n) is 4.22. The zero-order valence-corrected chi connectivity index (χ0v) is 12.4. The number of hydrogen-bond donors (Lipinski definition) is 2. The summed E-state index contributed by atoms with van der Waals surface area (Å²) in [6.07, 6.45) is 0. The van der Waals surface area contributed by atoms with E-state index in [0.717, 1.165) is 0 Å². The van der Waals surface area contributed by atoms with Gasteiger partial charge in [0.2, 0.25) is 0 Å². The highest BCUT2D eigenvalue weighted by molar-refractivity contribution is 6.34. The van der Waals surface area contributed by atoms with E-state index in [-0.39, 0.29) is 5.91 Å². The molecule has 0 fully saturated rings. The standard InChI is InChI=1S/C15H15ClN2O3/c1-20-9-6-7-10(13(8-9)21-2)15(19)18-14-11(16)4-3-5-12(14)17/h3-8H,17H2,1-2H3,(H,18,19). The lowest BCUT2D eigenvalue weighted by molar-refractivity contribution is 0.102. The third kappa shape index (κ3) is 3.20. The summed E-state index contributed by atoms with van der Waals surface area (Å²) in [6, 6.07) is 9.94. The maximum Gasteiger partial charge on any atom is 0.259 e. The van der Waals surface area contributed by atoms with Crippen LogP contribution in [0.25, 0.3) is 0 Å². The van der Waals surface area contributed by atoms with Gasteiger partial charge in [-0.25, -0.2) is 0 Å². The molecule has 110 valence electrons. The Bertz CT molecular complexity index is 654. The number of rotatable bonds is 4. The summed E-state index contributed by atoms with van der Waals surface area (Å²) in [5.74, 6) is 0.632. The van der Waals surface area contributed by atoms with Crippen LogP contribution in [-0.4, -0.2) is 20.1 Å². The second-order valence-corrected chi connectivity index (χ2v) is 4.63. The van der Waals surface area contributed by atoms with Gasteiger partial charge in [0.1, 0.15) is 11.5 Å². The van der Waals surface area contributed by atoms with Gasteiger partial charge in [0.15, 0.2) is 0 Å². The molecule has 6 heteroatoms. The Morgan fingerprint density at radius 3 is 2.57 bits per heavy atom. The molecule has 0 saturated carbocycles. The van der Waals surface area contributed by atoms with Crippen LogP contribution >= 0.6 is 11.6 Å². The molecule has 0 spiro atoms. The Hall–Kier alpha value is -2.40. The zero-order valence-electron chi connectivity index (χ0n) is 11.6. The molecule has 21 heavy (non-hydrogen) atoms. The summed E-state index contributed by atoms with van der Waals surface area (Å²) in [4.78, 5) is 12.4. The van der Waals surface area contributed by atoms with E-state index in [0.29, 0.717) is 33.5 Å². The van der Waals surface area contributed by atoms with E-state index >= 15 is 0 Å². The van der Waals surface area contributed by atoms with Crippen molar-refractivity contribution in [2.45, 2.75) is 0 Å². The molecule has 0 saturated heterocycles. The van der Waals surface area contributed by atoms with Gasteiger partial charge in [0.05, 0.1) is 36.2 Å². The number of carbonyl (C=O) groups excluding carboxylic acids is 1. The molecule has 1 amide bonds. The van der Waals surface area contributed by atoms with Crippen molar-refractivity contribution in [3.63, 3.8) is 0 Å². The van der Waals surface area contributed by atoms with Crippen molar-refractivity contribution >= 4 is 28.9 Å². The SMILES string of the molecule is COc1ccc(C(=O)Nc2c(N)cccc2Cl)c(OC)c1. The number of amides is 1. The highest BCUT2D eigenvalue weighted by Crippen LogP contribution is 2.30. The van der Waals surface area contributed by atoms with Crippen LogP contribution in [0.2, 0.25) is 5.02 Å². The molecule has 0 aliphatic rings. The monoisotopic (exact) mass is 306 g/mol. The lowest BCUT2D eigenvalue weighted by atomic mass is 10.1. The predicted octanol–water partition coefficient (Wildman–Crippen LogP) is 3.19. The normalized spacial score (nSPS) is 10.0. The zero-order chi connectivity index (χ0) is 15.4. The molecule has 0 bridgehead atoms. The minimum Gasteiger partial charge on any atom is -0.497 e. The maximum absolute atomic E-state index is 12.4. The van der Waals surface area contributed by atoms with Crippen molar-refractivity contribution in [2.24, 2.45) is 0 Å². The van der Waals surface area contributed by atoms with Crippen LogP contribution in [0.5, 0.6) is 11.5 Å². The molecule has 2 aromatic carbocycles. The first-order valence-electron chi connectivity index (χ1n) is 6.14. The quantitative estimate of drug-likeness (QED) is 0.851. The predicted molar refractivity (Wildman–Crippen MR) is 83.4 cm³/mol. The molecule has 0 unspecified atom stereocenters. The van der Waals surface area contributed by atoms with Gasteiger partial charge in [-0.05, 0) is 24.3 Å². The van der Waals surface area contributed by atoms with E-state index < -0.39 is 0 Å². The number of nitrogens with two attached hydrogens (primary N) is 1. The average molecular weight is 307 g/mol. The van der Waals surface area contributed by atoms with E-state index in [4.69, 9.17) is 26.8 Å². The molecule has 2 aromatic rings.